The van der Waals surface area contributed by atoms with E-state index in [0.717, 1.165) is 25.8 Å². The van der Waals surface area contributed by atoms with Crippen LogP contribution in [0.4, 0.5) is 0 Å². The van der Waals surface area contributed by atoms with Crippen molar-refractivity contribution >= 4 is 5.91 Å². The zero-order valence-electron chi connectivity index (χ0n) is 12.4. The maximum atomic E-state index is 12.4. The van der Waals surface area contributed by atoms with Crippen molar-refractivity contribution in [3.05, 3.63) is 0 Å². The summed E-state index contributed by atoms with van der Waals surface area (Å²) in [6.45, 7) is 13.2. The van der Waals surface area contributed by atoms with Gasteiger partial charge in [0.25, 0.3) is 0 Å². The molecule has 2 atom stereocenters. The van der Waals surface area contributed by atoms with Crippen LogP contribution in [0.3, 0.4) is 0 Å². The summed E-state index contributed by atoms with van der Waals surface area (Å²) < 4.78 is 0. The summed E-state index contributed by atoms with van der Waals surface area (Å²) in [4.78, 5) is 14.4. The molecule has 0 heterocycles. The van der Waals surface area contributed by atoms with E-state index in [4.69, 9.17) is 5.73 Å². The van der Waals surface area contributed by atoms with E-state index in [2.05, 4.69) is 20.8 Å². The van der Waals surface area contributed by atoms with Crippen LogP contribution in [0.25, 0.3) is 0 Å². The number of nitrogens with zero attached hydrogens (tertiary/aromatic N) is 1. The lowest BCUT2D eigenvalue weighted by molar-refractivity contribution is -0.137. The van der Waals surface area contributed by atoms with E-state index in [0.29, 0.717) is 0 Å². The Bertz CT molecular complexity index is 233. The minimum absolute atomic E-state index is 0.0975. The van der Waals surface area contributed by atoms with Crippen LogP contribution in [0, 0.1) is 5.41 Å². The minimum Gasteiger partial charge on any atom is -0.339 e. The van der Waals surface area contributed by atoms with Gasteiger partial charge in [0.2, 0.25) is 5.91 Å². The van der Waals surface area contributed by atoms with E-state index in [1.807, 2.05) is 25.7 Å². The quantitative estimate of drug-likeness (QED) is 0.778. The van der Waals surface area contributed by atoms with Gasteiger partial charge in [-0.25, -0.2) is 0 Å². The maximum Gasteiger partial charge on any atom is 0.240 e. The van der Waals surface area contributed by atoms with Crippen LogP contribution in [0.5, 0.6) is 0 Å². The van der Waals surface area contributed by atoms with Crippen molar-refractivity contribution in [2.75, 3.05) is 6.54 Å². The van der Waals surface area contributed by atoms with Crippen molar-refractivity contribution in [1.29, 1.82) is 0 Å². The highest BCUT2D eigenvalue weighted by atomic mass is 16.2. The topological polar surface area (TPSA) is 46.3 Å². The SMILES string of the molecule is CCCCN(C(=O)[C@@H](N)C(C)(C)C)C(C)CC. The summed E-state index contributed by atoms with van der Waals surface area (Å²) in [5, 5.41) is 0. The Morgan fingerprint density at radius 2 is 1.82 bits per heavy atom. The molecule has 0 saturated heterocycles. The molecule has 0 rings (SSSR count). The van der Waals surface area contributed by atoms with E-state index in [-0.39, 0.29) is 17.4 Å². The van der Waals surface area contributed by atoms with Gasteiger partial charge < -0.3 is 10.6 Å². The molecule has 0 aromatic rings. The highest BCUT2D eigenvalue weighted by molar-refractivity contribution is 5.82. The lowest BCUT2D eigenvalue weighted by atomic mass is 9.86. The van der Waals surface area contributed by atoms with Crippen LogP contribution in [0.1, 0.15) is 60.8 Å². The zero-order valence-corrected chi connectivity index (χ0v) is 12.4. The molecule has 17 heavy (non-hydrogen) atoms. The highest BCUT2D eigenvalue weighted by Crippen LogP contribution is 2.20. The van der Waals surface area contributed by atoms with Crippen molar-refractivity contribution in [1.82, 2.24) is 4.90 Å². The van der Waals surface area contributed by atoms with Gasteiger partial charge in [0, 0.05) is 12.6 Å². The molecule has 0 spiro atoms. The van der Waals surface area contributed by atoms with E-state index in [1.54, 1.807) is 0 Å². The molecule has 0 saturated carbocycles. The third-order valence-corrected chi connectivity index (χ3v) is 3.36. The molecule has 0 fully saturated rings. The number of rotatable bonds is 6. The molecule has 1 unspecified atom stereocenters. The number of unbranched alkanes of at least 4 members (excludes halogenated alkanes) is 1. The van der Waals surface area contributed by atoms with Crippen molar-refractivity contribution in [3.8, 4) is 0 Å². The first-order valence-electron chi connectivity index (χ1n) is 6.81. The molecule has 3 heteroatoms. The van der Waals surface area contributed by atoms with Crippen molar-refractivity contribution in [2.45, 2.75) is 72.9 Å². The van der Waals surface area contributed by atoms with E-state index in [9.17, 15) is 4.79 Å². The second kappa shape index (κ2) is 7.00. The largest absolute Gasteiger partial charge is 0.339 e. The summed E-state index contributed by atoms with van der Waals surface area (Å²) in [7, 11) is 0. The predicted octanol–water partition coefficient (Wildman–Crippen LogP) is 2.79. The second-order valence-electron chi connectivity index (χ2n) is 5.99. The van der Waals surface area contributed by atoms with Gasteiger partial charge in [0.05, 0.1) is 6.04 Å². The second-order valence-corrected chi connectivity index (χ2v) is 5.99. The van der Waals surface area contributed by atoms with E-state index < -0.39 is 6.04 Å². The van der Waals surface area contributed by atoms with Crippen LogP contribution in [0.2, 0.25) is 0 Å². The molecule has 0 aliphatic rings. The minimum atomic E-state index is -0.409. The number of carbonyl (C=O) groups excluding carboxylic acids is 1. The molecular formula is C14H30N2O. The monoisotopic (exact) mass is 242 g/mol. The first kappa shape index (κ1) is 16.4. The van der Waals surface area contributed by atoms with Gasteiger partial charge in [-0.2, -0.15) is 0 Å². The van der Waals surface area contributed by atoms with Crippen molar-refractivity contribution < 1.29 is 4.79 Å². The van der Waals surface area contributed by atoms with Gasteiger partial charge in [-0.1, -0.05) is 41.0 Å². The number of amides is 1. The Morgan fingerprint density at radius 1 is 1.29 bits per heavy atom. The van der Waals surface area contributed by atoms with Crippen LogP contribution in [-0.4, -0.2) is 29.4 Å². The van der Waals surface area contributed by atoms with Crippen molar-refractivity contribution in [2.24, 2.45) is 11.1 Å². The first-order chi connectivity index (χ1) is 7.75. The summed E-state index contributed by atoms with van der Waals surface area (Å²) >= 11 is 0. The standard InChI is InChI=1S/C14H30N2O/c1-7-9-10-16(11(3)8-2)13(17)12(15)14(4,5)6/h11-12H,7-10,15H2,1-6H3/t11?,12-/m1/s1. The Labute approximate surface area is 107 Å². The molecule has 0 radical (unpaired) electrons. The molecule has 3 nitrogen and oxygen atoms in total. The number of nitrogens with two attached hydrogens (primary N) is 1. The van der Waals surface area contributed by atoms with Gasteiger partial charge in [-0.15, -0.1) is 0 Å². The summed E-state index contributed by atoms with van der Waals surface area (Å²) in [5.74, 6) is 0.0975. The molecular weight excluding hydrogens is 212 g/mol. The van der Waals surface area contributed by atoms with Gasteiger partial charge in [0.1, 0.15) is 0 Å². The Balaban J connectivity index is 4.74. The average molecular weight is 242 g/mol. The highest BCUT2D eigenvalue weighted by Gasteiger charge is 2.32. The third kappa shape index (κ3) is 5.07. The average Bonchev–Trinajstić information content (AvgIpc) is 2.26. The molecule has 2 N–H and O–H groups in total. The lowest BCUT2D eigenvalue weighted by Crippen LogP contribution is -2.53. The smallest absolute Gasteiger partial charge is 0.240 e. The summed E-state index contributed by atoms with van der Waals surface area (Å²) in [6.07, 6.45) is 3.13. The van der Waals surface area contributed by atoms with Crippen LogP contribution >= 0.6 is 0 Å². The first-order valence-corrected chi connectivity index (χ1v) is 6.81. The molecule has 0 bridgehead atoms. The van der Waals surface area contributed by atoms with E-state index in [1.165, 1.54) is 0 Å². The third-order valence-electron chi connectivity index (χ3n) is 3.36. The van der Waals surface area contributed by atoms with Crippen LogP contribution in [-0.2, 0) is 4.79 Å². The van der Waals surface area contributed by atoms with Crippen LogP contribution in [0.15, 0.2) is 0 Å². The van der Waals surface area contributed by atoms with Gasteiger partial charge in [-0.05, 0) is 25.2 Å². The van der Waals surface area contributed by atoms with Gasteiger partial charge >= 0.3 is 0 Å². The summed E-state index contributed by atoms with van der Waals surface area (Å²) in [6, 6.07) is -0.129. The van der Waals surface area contributed by atoms with Crippen molar-refractivity contribution in [3.63, 3.8) is 0 Å². The zero-order chi connectivity index (χ0) is 13.6. The lowest BCUT2D eigenvalue weighted by Gasteiger charge is -2.35. The fourth-order valence-corrected chi connectivity index (χ4v) is 1.65. The number of hydrogen-bond donors (Lipinski definition) is 1. The molecule has 0 aliphatic heterocycles. The molecule has 1 amide bonds. The normalized spacial score (nSPS) is 15.5. The Morgan fingerprint density at radius 3 is 2.18 bits per heavy atom. The number of hydrogen-bond acceptors (Lipinski definition) is 2. The van der Waals surface area contributed by atoms with E-state index >= 15 is 0 Å². The number of carbonyl (C=O) groups is 1. The fraction of sp³-hybridized carbons (Fsp3) is 0.929. The van der Waals surface area contributed by atoms with Crippen LogP contribution < -0.4 is 5.73 Å². The summed E-state index contributed by atoms with van der Waals surface area (Å²) in [5.41, 5.74) is 5.90. The Hall–Kier alpha value is -0.570. The van der Waals surface area contributed by atoms with Gasteiger partial charge in [0.15, 0.2) is 0 Å². The Kier molecular flexibility index (Phi) is 6.76. The predicted molar refractivity (Wildman–Crippen MR) is 73.8 cm³/mol. The van der Waals surface area contributed by atoms with Gasteiger partial charge in [-0.3, -0.25) is 4.79 Å². The molecule has 0 aliphatic carbocycles. The molecule has 0 aromatic carbocycles. The molecule has 0 aromatic heterocycles. The molecule has 102 valence electrons. The maximum absolute atomic E-state index is 12.4. The fourth-order valence-electron chi connectivity index (χ4n) is 1.65.